The van der Waals surface area contributed by atoms with Gasteiger partial charge in [-0.2, -0.15) is 5.26 Å². The lowest BCUT2D eigenvalue weighted by Crippen LogP contribution is -2.17. The van der Waals surface area contributed by atoms with E-state index in [1.165, 1.54) is 9.75 Å². The molecule has 1 N–H and O–H groups in total. The third-order valence-electron chi connectivity index (χ3n) is 2.89. The molecule has 2 rings (SSSR count). The number of nitrogens with zero attached hydrogens (tertiary/aromatic N) is 1. The fraction of sp³-hybridized carbons (Fsp3) is 0.267. The molecule has 1 atom stereocenters. The van der Waals surface area contributed by atoms with E-state index in [1.54, 1.807) is 0 Å². The van der Waals surface area contributed by atoms with Gasteiger partial charge in [0.25, 0.3) is 0 Å². The minimum absolute atomic E-state index is 0.251. The highest BCUT2D eigenvalue weighted by atomic mass is 32.1. The van der Waals surface area contributed by atoms with Crippen molar-refractivity contribution in [2.24, 2.45) is 0 Å². The van der Waals surface area contributed by atoms with Gasteiger partial charge in [-0.3, -0.25) is 0 Å². The van der Waals surface area contributed by atoms with Crippen molar-refractivity contribution in [2.75, 3.05) is 0 Å². The normalized spacial score (nSPS) is 12.1. The molecule has 1 heterocycles. The van der Waals surface area contributed by atoms with Crippen LogP contribution in [0.25, 0.3) is 0 Å². The van der Waals surface area contributed by atoms with Gasteiger partial charge in [0.2, 0.25) is 0 Å². The summed E-state index contributed by atoms with van der Waals surface area (Å²) in [4.78, 5) is 2.68. The Labute approximate surface area is 112 Å². The predicted octanol–water partition coefficient (Wildman–Crippen LogP) is 3.78. The quantitative estimate of drug-likeness (QED) is 0.903. The summed E-state index contributed by atoms with van der Waals surface area (Å²) in [5.74, 6) is 0. The van der Waals surface area contributed by atoms with E-state index in [2.05, 4.69) is 43.4 Å². The Kier molecular flexibility index (Phi) is 4.14. The van der Waals surface area contributed by atoms with E-state index in [0.717, 1.165) is 12.1 Å². The Morgan fingerprint density at radius 2 is 2.17 bits per heavy atom. The summed E-state index contributed by atoms with van der Waals surface area (Å²) in [5.41, 5.74) is 1.87. The predicted molar refractivity (Wildman–Crippen MR) is 75.5 cm³/mol. The van der Waals surface area contributed by atoms with Crippen LogP contribution in [0.3, 0.4) is 0 Å². The van der Waals surface area contributed by atoms with Gasteiger partial charge in [-0.05, 0) is 43.7 Å². The first-order valence-corrected chi connectivity index (χ1v) is 6.79. The molecule has 1 aromatic carbocycles. The van der Waals surface area contributed by atoms with Crippen molar-refractivity contribution in [3.63, 3.8) is 0 Å². The maximum absolute atomic E-state index is 8.89. The van der Waals surface area contributed by atoms with Crippen LogP contribution in [-0.2, 0) is 6.54 Å². The third-order valence-corrected chi connectivity index (χ3v) is 3.89. The topological polar surface area (TPSA) is 35.8 Å². The van der Waals surface area contributed by atoms with Gasteiger partial charge in [0.05, 0.1) is 11.6 Å². The number of aryl methyl sites for hydroxylation is 1. The molecule has 0 saturated carbocycles. The molecule has 92 valence electrons. The van der Waals surface area contributed by atoms with Gasteiger partial charge >= 0.3 is 0 Å². The molecule has 0 fully saturated rings. The van der Waals surface area contributed by atoms with Crippen LogP contribution in [0, 0.1) is 18.3 Å². The maximum atomic E-state index is 8.89. The lowest BCUT2D eigenvalue weighted by molar-refractivity contribution is 0.579. The molecule has 1 aromatic heterocycles. The second-order valence-electron chi connectivity index (χ2n) is 4.35. The molecular formula is C15H16N2S. The minimum atomic E-state index is 0.251. The molecular weight excluding hydrogens is 240 g/mol. The van der Waals surface area contributed by atoms with Crippen molar-refractivity contribution in [2.45, 2.75) is 26.4 Å². The van der Waals surface area contributed by atoms with E-state index >= 15 is 0 Å². The largest absolute Gasteiger partial charge is 0.305 e. The highest BCUT2D eigenvalue weighted by molar-refractivity contribution is 7.11. The van der Waals surface area contributed by atoms with Crippen molar-refractivity contribution in [3.8, 4) is 6.07 Å². The Morgan fingerprint density at radius 1 is 1.33 bits per heavy atom. The first-order valence-electron chi connectivity index (χ1n) is 5.98. The average Bonchev–Trinajstić information content (AvgIpc) is 2.82. The van der Waals surface area contributed by atoms with Crippen LogP contribution in [0.5, 0.6) is 0 Å². The van der Waals surface area contributed by atoms with Gasteiger partial charge in [0.15, 0.2) is 0 Å². The second kappa shape index (κ2) is 5.81. The van der Waals surface area contributed by atoms with Crippen LogP contribution in [0.2, 0.25) is 0 Å². The smallest absolute Gasteiger partial charge is 0.0991 e. The monoisotopic (exact) mass is 256 g/mol. The Hall–Kier alpha value is -1.63. The summed E-state index contributed by atoms with van der Waals surface area (Å²) in [6.07, 6.45) is 0. The summed E-state index contributed by atoms with van der Waals surface area (Å²) in [6.45, 7) is 5.11. The van der Waals surface area contributed by atoms with Gasteiger partial charge < -0.3 is 5.32 Å². The van der Waals surface area contributed by atoms with Crippen molar-refractivity contribution in [3.05, 3.63) is 57.3 Å². The number of rotatable bonds is 4. The molecule has 2 nitrogen and oxygen atoms in total. The highest BCUT2D eigenvalue weighted by Crippen LogP contribution is 2.18. The van der Waals surface area contributed by atoms with Crippen molar-refractivity contribution in [1.29, 1.82) is 5.26 Å². The molecule has 1 unspecified atom stereocenters. The number of nitriles is 1. The summed E-state index contributed by atoms with van der Waals surface area (Å²) in [7, 11) is 0. The van der Waals surface area contributed by atoms with Gasteiger partial charge in [-0.25, -0.2) is 0 Å². The van der Waals surface area contributed by atoms with E-state index in [1.807, 2.05) is 29.5 Å². The van der Waals surface area contributed by atoms with Crippen LogP contribution >= 0.6 is 11.3 Å². The fourth-order valence-electron chi connectivity index (χ4n) is 1.83. The van der Waals surface area contributed by atoms with Crippen molar-refractivity contribution < 1.29 is 0 Å². The average molecular weight is 256 g/mol. The van der Waals surface area contributed by atoms with E-state index < -0.39 is 0 Å². The van der Waals surface area contributed by atoms with Gasteiger partial charge in [0.1, 0.15) is 0 Å². The second-order valence-corrected chi connectivity index (χ2v) is 5.72. The first-order chi connectivity index (χ1) is 8.69. The molecule has 0 saturated heterocycles. The van der Waals surface area contributed by atoms with Crippen molar-refractivity contribution in [1.82, 2.24) is 5.32 Å². The van der Waals surface area contributed by atoms with Crippen LogP contribution in [0.4, 0.5) is 0 Å². The molecule has 3 heteroatoms. The Balaban J connectivity index is 1.99. The van der Waals surface area contributed by atoms with Crippen LogP contribution in [0.1, 0.15) is 33.8 Å². The van der Waals surface area contributed by atoms with Crippen LogP contribution < -0.4 is 5.32 Å². The highest BCUT2D eigenvalue weighted by Gasteiger charge is 2.06. The van der Waals surface area contributed by atoms with E-state index in [4.69, 9.17) is 5.26 Å². The first kappa shape index (κ1) is 12.8. The summed E-state index contributed by atoms with van der Waals surface area (Å²) >= 11 is 1.82. The molecule has 18 heavy (non-hydrogen) atoms. The zero-order chi connectivity index (χ0) is 13.0. The molecule has 0 aliphatic rings. The lowest BCUT2D eigenvalue weighted by Gasteiger charge is -2.13. The number of benzene rings is 1. The number of hydrogen-bond donors (Lipinski definition) is 1. The lowest BCUT2D eigenvalue weighted by atomic mass is 10.1. The number of thiophene rings is 1. The zero-order valence-corrected chi connectivity index (χ0v) is 11.4. The fourth-order valence-corrected chi connectivity index (χ4v) is 2.67. The van der Waals surface area contributed by atoms with Gasteiger partial charge in [0, 0.05) is 22.3 Å². The Morgan fingerprint density at radius 3 is 2.83 bits per heavy atom. The molecule has 0 radical (unpaired) electrons. The van der Waals surface area contributed by atoms with E-state index in [0.29, 0.717) is 5.56 Å². The van der Waals surface area contributed by atoms with Crippen LogP contribution in [-0.4, -0.2) is 0 Å². The zero-order valence-electron chi connectivity index (χ0n) is 10.6. The molecule has 0 aliphatic heterocycles. The SMILES string of the molecule is Cc1ccc(CNC(C)c2cccc(C#N)c2)s1. The van der Waals surface area contributed by atoms with Crippen molar-refractivity contribution >= 4 is 11.3 Å². The molecule has 0 aliphatic carbocycles. The molecule has 0 amide bonds. The summed E-state index contributed by atoms with van der Waals surface area (Å²) in [5, 5.41) is 12.4. The van der Waals surface area contributed by atoms with Gasteiger partial charge in [-0.15, -0.1) is 11.3 Å². The third kappa shape index (κ3) is 3.19. The molecule has 2 aromatic rings. The molecule has 0 bridgehead atoms. The summed E-state index contributed by atoms with van der Waals surface area (Å²) in [6, 6.07) is 14.5. The summed E-state index contributed by atoms with van der Waals surface area (Å²) < 4.78 is 0. The van der Waals surface area contributed by atoms with Gasteiger partial charge in [-0.1, -0.05) is 12.1 Å². The minimum Gasteiger partial charge on any atom is -0.305 e. The molecule has 0 spiro atoms. The standard InChI is InChI=1S/C15H16N2S/c1-11-6-7-15(18-11)10-17-12(2)14-5-3-4-13(8-14)9-16/h3-8,12,17H,10H2,1-2H3. The number of nitrogens with one attached hydrogen (secondary N) is 1. The number of hydrogen-bond acceptors (Lipinski definition) is 3. The van der Waals surface area contributed by atoms with E-state index in [9.17, 15) is 0 Å². The van der Waals surface area contributed by atoms with E-state index in [-0.39, 0.29) is 6.04 Å². The Bertz CT molecular complexity index is 566. The van der Waals surface area contributed by atoms with Crippen LogP contribution in [0.15, 0.2) is 36.4 Å². The maximum Gasteiger partial charge on any atom is 0.0991 e.